The van der Waals surface area contributed by atoms with E-state index in [1.165, 1.54) is 16.7 Å². The van der Waals surface area contributed by atoms with Crippen LogP contribution in [-0.2, 0) is 0 Å². The minimum Gasteiger partial charge on any atom is -0.0991 e. The number of rotatable bonds is 4. The summed E-state index contributed by atoms with van der Waals surface area (Å²) in [5, 5.41) is 0. The molecule has 0 N–H and O–H groups in total. The van der Waals surface area contributed by atoms with Crippen LogP contribution in [-0.4, -0.2) is 0 Å². The van der Waals surface area contributed by atoms with Gasteiger partial charge < -0.3 is 0 Å². The van der Waals surface area contributed by atoms with Gasteiger partial charge in [-0.3, -0.25) is 0 Å². The van der Waals surface area contributed by atoms with Crippen LogP contribution in [0.5, 0.6) is 0 Å². The second-order valence-electron chi connectivity index (χ2n) is 2.74. The van der Waals surface area contributed by atoms with E-state index in [1.807, 2.05) is 19.1 Å². The van der Waals surface area contributed by atoms with Crippen molar-refractivity contribution in [2.24, 2.45) is 0 Å². The molecule has 0 heterocycles. The van der Waals surface area contributed by atoms with Crippen molar-refractivity contribution in [3.8, 4) is 0 Å². The first-order valence-electron chi connectivity index (χ1n) is 4.31. The highest BCUT2D eigenvalue weighted by Crippen LogP contribution is 2.19. The first-order valence-corrected chi connectivity index (χ1v) is 4.31. The Labute approximate surface area is 76.0 Å². The molecule has 0 aliphatic heterocycles. The number of hydrogen-bond acceptors (Lipinski definition) is 0. The zero-order chi connectivity index (χ0) is 9.56. The van der Waals surface area contributed by atoms with E-state index in [0.29, 0.717) is 0 Å². The fourth-order valence-corrected chi connectivity index (χ4v) is 1.17. The van der Waals surface area contributed by atoms with Crippen molar-refractivity contribution in [2.45, 2.75) is 27.2 Å². The Hall–Kier alpha value is -1.04. The van der Waals surface area contributed by atoms with Gasteiger partial charge in [0.15, 0.2) is 0 Å². The van der Waals surface area contributed by atoms with Gasteiger partial charge >= 0.3 is 0 Å². The summed E-state index contributed by atoms with van der Waals surface area (Å²) in [4.78, 5) is 0. The molecule has 0 saturated heterocycles. The lowest BCUT2D eigenvalue weighted by Gasteiger charge is -2.08. The fraction of sp³-hybridized carbons (Fsp3) is 0.333. The van der Waals surface area contributed by atoms with Crippen molar-refractivity contribution < 1.29 is 0 Å². The van der Waals surface area contributed by atoms with Crippen molar-refractivity contribution in [1.29, 1.82) is 0 Å². The lowest BCUT2D eigenvalue weighted by atomic mass is 9.98. The smallest absolute Gasteiger partial charge is 0.0244 e. The third-order valence-electron chi connectivity index (χ3n) is 1.89. The van der Waals surface area contributed by atoms with Crippen LogP contribution in [0.2, 0.25) is 0 Å². The molecule has 0 rings (SSSR count). The van der Waals surface area contributed by atoms with Crippen LogP contribution in [0.3, 0.4) is 0 Å². The molecule has 12 heavy (non-hydrogen) atoms. The van der Waals surface area contributed by atoms with E-state index in [0.717, 1.165) is 6.42 Å². The largest absolute Gasteiger partial charge is 0.0991 e. The molecule has 0 saturated carbocycles. The molecule has 0 aromatic rings. The maximum atomic E-state index is 4.00. The van der Waals surface area contributed by atoms with E-state index in [-0.39, 0.29) is 0 Å². The zero-order valence-electron chi connectivity index (χ0n) is 8.35. The third kappa shape index (κ3) is 2.91. The molecular formula is C12H18. The van der Waals surface area contributed by atoms with Gasteiger partial charge in [-0.05, 0) is 37.0 Å². The van der Waals surface area contributed by atoms with Crippen LogP contribution in [0.1, 0.15) is 27.2 Å². The summed E-state index contributed by atoms with van der Waals surface area (Å²) in [7, 11) is 0. The van der Waals surface area contributed by atoms with Gasteiger partial charge in [-0.25, -0.2) is 0 Å². The molecule has 0 nitrogen and oxygen atoms in total. The van der Waals surface area contributed by atoms with Crippen LogP contribution >= 0.6 is 0 Å². The highest BCUT2D eigenvalue weighted by Gasteiger charge is 2.00. The SMILES string of the molecule is C=C/C=C(C)\C(=C/C)C(=C)CC. The van der Waals surface area contributed by atoms with E-state index in [9.17, 15) is 0 Å². The van der Waals surface area contributed by atoms with Gasteiger partial charge in [0, 0.05) is 0 Å². The average Bonchev–Trinajstić information content (AvgIpc) is 2.06. The van der Waals surface area contributed by atoms with Crippen LogP contribution in [0.25, 0.3) is 0 Å². The van der Waals surface area contributed by atoms with Crippen molar-refractivity contribution >= 4 is 0 Å². The van der Waals surface area contributed by atoms with Gasteiger partial charge in [-0.15, -0.1) is 0 Å². The molecule has 0 aliphatic carbocycles. The predicted molar refractivity (Wildman–Crippen MR) is 57.1 cm³/mol. The minimum absolute atomic E-state index is 1.00. The molecule has 0 radical (unpaired) electrons. The molecule has 0 fully saturated rings. The van der Waals surface area contributed by atoms with Crippen molar-refractivity contribution in [3.05, 3.63) is 48.1 Å². The van der Waals surface area contributed by atoms with E-state index in [2.05, 4.69) is 33.1 Å². The normalized spacial score (nSPS) is 12.9. The summed E-state index contributed by atoms with van der Waals surface area (Å²) >= 11 is 0. The Balaban J connectivity index is 4.70. The first-order chi connectivity index (χ1) is 5.67. The van der Waals surface area contributed by atoms with Crippen molar-refractivity contribution in [3.63, 3.8) is 0 Å². The highest BCUT2D eigenvalue weighted by molar-refractivity contribution is 5.44. The molecule has 0 aliphatic rings. The molecule has 0 amide bonds. The zero-order valence-corrected chi connectivity index (χ0v) is 8.35. The van der Waals surface area contributed by atoms with Crippen molar-refractivity contribution in [2.75, 3.05) is 0 Å². The molecule has 0 unspecified atom stereocenters. The van der Waals surface area contributed by atoms with Gasteiger partial charge in [0.05, 0.1) is 0 Å². The molecule has 0 aromatic heterocycles. The summed E-state index contributed by atoms with van der Waals surface area (Å²) in [6.45, 7) is 13.9. The number of allylic oxidation sites excluding steroid dienone is 6. The van der Waals surface area contributed by atoms with Crippen LogP contribution in [0, 0.1) is 0 Å². The Morgan fingerprint density at radius 1 is 1.42 bits per heavy atom. The van der Waals surface area contributed by atoms with E-state index in [1.54, 1.807) is 0 Å². The van der Waals surface area contributed by atoms with E-state index >= 15 is 0 Å². The van der Waals surface area contributed by atoms with Gasteiger partial charge in [-0.2, -0.15) is 0 Å². The summed E-state index contributed by atoms with van der Waals surface area (Å²) in [6.07, 6.45) is 6.92. The predicted octanol–water partition coefficient (Wildman–Crippen LogP) is 4.03. The topological polar surface area (TPSA) is 0 Å². The van der Waals surface area contributed by atoms with Crippen molar-refractivity contribution in [1.82, 2.24) is 0 Å². The third-order valence-corrected chi connectivity index (χ3v) is 1.89. The maximum absolute atomic E-state index is 4.00. The molecule has 0 spiro atoms. The second kappa shape index (κ2) is 5.59. The van der Waals surface area contributed by atoms with Gasteiger partial charge in [0.25, 0.3) is 0 Å². The Bertz CT molecular complexity index is 226. The molecular weight excluding hydrogens is 144 g/mol. The van der Waals surface area contributed by atoms with Crippen LogP contribution < -0.4 is 0 Å². The van der Waals surface area contributed by atoms with E-state index < -0.39 is 0 Å². The Morgan fingerprint density at radius 2 is 2.00 bits per heavy atom. The quantitative estimate of drug-likeness (QED) is 0.547. The lowest BCUT2D eigenvalue weighted by Crippen LogP contribution is -1.88. The van der Waals surface area contributed by atoms with Crippen LogP contribution in [0.4, 0.5) is 0 Å². The van der Waals surface area contributed by atoms with Gasteiger partial charge in [0.1, 0.15) is 0 Å². The average molecular weight is 162 g/mol. The van der Waals surface area contributed by atoms with Crippen LogP contribution in [0.15, 0.2) is 48.1 Å². The maximum Gasteiger partial charge on any atom is -0.0244 e. The minimum atomic E-state index is 1.00. The summed E-state index contributed by atoms with van der Waals surface area (Å²) < 4.78 is 0. The highest BCUT2D eigenvalue weighted by atomic mass is 14.1. The second-order valence-corrected chi connectivity index (χ2v) is 2.74. The summed E-state index contributed by atoms with van der Waals surface area (Å²) in [5.74, 6) is 0. The summed E-state index contributed by atoms with van der Waals surface area (Å²) in [5.41, 5.74) is 3.67. The number of hydrogen-bond donors (Lipinski definition) is 0. The Morgan fingerprint density at radius 3 is 2.33 bits per heavy atom. The fourth-order valence-electron chi connectivity index (χ4n) is 1.17. The van der Waals surface area contributed by atoms with Gasteiger partial charge in [-0.1, -0.05) is 38.3 Å². The molecule has 0 aromatic carbocycles. The monoisotopic (exact) mass is 162 g/mol. The molecule has 0 atom stereocenters. The molecule has 66 valence electrons. The lowest BCUT2D eigenvalue weighted by molar-refractivity contribution is 1.11. The van der Waals surface area contributed by atoms with Gasteiger partial charge in [0.2, 0.25) is 0 Å². The standard InChI is InChI=1S/C12H18/c1-6-9-11(5)12(8-3)10(4)7-2/h6,8-9H,1,4,7H2,2-3,5H3/b11-9-,12-8-. The molecule has 0 heteroatoms. The van der Waals surface area contributed by atoms with E-state index in [4.69, 9.17) is 0 Å². The molecule has 0 bridgehead atoms. The summed E-state index contributed by atoms with van der Waals surface area (Å²) in [6, 6.07) is 0. The Kier molecular flexibility index (Phi) is 5.11. The first kappa shape index (κ1) is 11.0.